The first kappa shape index (κ1) is 34.0. The smallest absolute Gasteiger partial charge is 0.326 e. The van der Waals surface area contributed by atoms with Gasteiger partial charge < -0.3 is 54.1 Å². The Morgan fingerprint density at radius 2 is 1.49 bits per heavy atom. The largest absolute Gasteiger partial charge is 0.481 e. The zero-order chi connectivity index (χ0) is 32.1. The number of guanidine groups is 1. The molecule has 1 aromatic carbocycles. The molecular formula is C26H37N9O8. The van der Waals surface area contributed by atoms with E-state index in [4.69, 9.17) is 28.0 Å². The van der Waals surface area contributed by atoms with Gasteiger partial charge in [0.1, 0.15) is 18.1 Å². The third kappa shape index (κ3) is 11.3. The first-order valence-corrected chi connectivity index (χ1v) is 13.3. The predicted molar refractivity (Wildman–Crippen MR) is 154 cm³/mol. The van der Waals surface area contributed by atoms with Crippen LogP contribution < -0.4 is 38.9 Å². The van der Waals surface area contributed by atoms with E-state index in [1.54, 1.807) is 18.3 Å². The van der Waals surface area contributed by atoms with E-state index in [0.717, 1.165) is 10.9 Å². The van der Waals surface area contributed by atoms with Gasteiger partial charge in [0.05, 0.1) is 12.5 Å². The number of aromatic amines is 1. The van der Waals surface area contributed by atoms with Crippen molar-refractivity contribution in [3.05, 3.63) is 36.0 Å². The fourth-order valence-corrected chi connectivity index (χ4v) is 4.14. The van der Waals surface area contributed by atoms with Crippen LogP contribution in [0.5, 0.6) is 0 Å². The molecule has 0 radical (unpaired) electrons. The quantitative estimate of drug-likeness (QED) is 0.0477. The van der Waals surface area contributed by atoms with Crippen LogP contribution in [0.25, 0.3) is 10.9 Å². The lowest BCUT2D eigenvalue weighted by Crippen LogP contribution is -2.58. The lowest BCUT2D eigenvalue weighted by atomic mass is 10.0. The summed E-state index contributed by atoms with van der Waals surface area (Å²) in [5.41, 5.74) is 23.3. The van der Waals surface area contributed by atoms with E-state index in [1.165, 1.54) is 0 Å². The van der Waals surface area contributed by atoms with Crippen molar-refractivity contribution < 1.29 is 39.0 Å². The first-order chi connectivity index (χ1) is 20.3. The number of nitrogens with zero attached hydrogens (tertiary/aromatic N) is 1. The van der Waals surface area contributed by atoms with Crippen molar-refractivity contribution in [2.75, 3.05) is 6.54 Å². The molecule has 0 fully saturated rings. The van der Waals surface area contributed by atoms with Gasteiger partial charge in [-0.25, -0.2) is 4.79 Å². The molecular weight excluding hydrogens is 566 g/mol. The molecule has 2 aromatic rings. The number of H-pyrrole nitrogens is 1. The fraction of sp³-hybridized carbons (Fsp3) is 0.423. The Labute approximate surface area is 245 Å². The molecule has 17 heteroatoms. The number of aliphatic carboxylic acids is 2. The fourth-order valence-electron chi connectivity index (χ4n) is 4.14. The van der Waals surface area contributed by atoms with Crippen molar-refractivity contribution in [1.29, 1.82) is 0 Å². The van der Waals surface area contributed by atoms with E-state index in [1.807, 2.05) is 12.1 Å². The third-order valence-corrected chi connectivity index (χ3v) is 6.34. The normalized spacial score (nSPS) is 13.6. The van der Waals surface area contributed by atoms with E-state index in [2.05, 4.69) is 25.9 Å². The zero-order valence-corrected chi connectivity index (χ0v) is 23.2. The van der Waals surface area contributed by atoms with Gasteiger partial charge in [0.15, 0.2) is 5.96 Å². The molecule has 14 N–H and O–H groups in total. The minimum atomic E-state index is -1.63. The number of nitrogens with one attached hydrogen (secondary N) is 4. The van der Waals surface area contributed by atoms with Gasteiger partial charge in [-0.05, 0) is 30.9 Å². The predicted octanol–water partition coefficient (Wildman–Crippen LogP) is -2.63. The standard InChI is InChI=1S/C26H37N9O8/c27-15(5-3-9-31-26(29)30)22(39)34-18(10-13-12-32-16-6-2-1-4-14(13)16)23(40)35-19(11-20(28)36)24(41)33-17(25(42)43)7-8-21(37)38/h1-2,4,6,12,15,17-19,32H,3,5,7-11,27H2,(H2,28,36)(H,33,41)(H,34,39)(H,35,40)(H,37,38)(H,42,43)(H4,29,30,31). The Morgan fingerprint density at radius 1 is 0.860 bits per heavy atom. The van der Waals surface area contributed by atoms with Crippen LogP contribution in [-0.2, 0) is 35.2 Å². The Kier molecular flexibility index (Phi) is 12.9. The number of aromatic nitrogens is 1. The summed E-state index contributed by atoms with van der Waals surface area (Å²) in [6, 6.07) is 1.64. The number of primary amides is 1. The van der Waals surface area contributed by atoms with Gasteiger partial charge in [-0.15, -0.1) is 0 Å². The van der Waals surface area contributed by atoms with Gasteiger partial charge in [-0.3, -0.25) is 29.0 Å². The molecule has 0 aliphatic rings. The summed E-state index contributed by atoms with van der Waals surface area (Å²) in [5.74, 6) is -6.55. The molecule has 4 amide bonds. The molecule has 17 nitrogen and oxygen atoms in total. The SMILES string of the molecule is NC(=O)CC(NC(=O)C(Cc1c[nH]c2ccccc12)NC(=O)C(N)CCCN=C(N)N)C(=O)NC(CCC(=O)O)C(=O)O. The Bertz CT molecular complexity index is 1360. The van der Waals surface area contributed by atoms with Crippen molar-refractivity contribution >= 4 is 52.4 Å². The van der Waals surface area contributed by atoms with Crippen LogP contribution in [0, 0.1) is 0 Å². The van der Waals surface area contributed by atoms with Gasteiger partial charge in [-0.2, -0.15) is 0 Å². The van der Waals surface area contributed by atoms with Crippen LogP contribution in [0.2, 0.25) is 0 Å². The Morgan fingerprint density at radius 3 is 2.12 bits per heavy atom. The lowest BCUT2D eigenvalue weighted by Gasteiger charge is -2.24. The summed E-state index contributed by atoms with van der Waals surface area (Å²) in [4.78, 5) is 80.4. The molecule has 2 rings (SSSR count). The van der Waals surface area contributed by atoms with Gasteiger partial charge in [0.25, 0.3) is 0 Å². The van der Waals surface area contributed by atoms with E-state index >= 15 is 0 Å². The van der Waals surface area contributed by atoms with E-state index in [-0.39, 0.29) is 25.3 Å². The number of carboxylic acids is 2. The van der Waals surface area contributed by atoms with Gasteiger partial charge >= 0.3 is 11.9 Å². The minimum Gasteiger partial charge on any atom is -0.481 e. The number of hydrogen-bond donors (Lipinski definition) is 10. The molecule has 1 aromatic heterocycles. The molecule has 4 atom stereocenters. The van der Waals surface area contributed by atoms with Crippen LogP contribution in [0.3, 0.4) is 0 Å². The average molecular weight is 604 g/mol. The van der Waals surface area contributed by atoms with Gasteiger partial charge in [0.2, 0.25) is 23.6 Å². The van der Waals surface area contributed by atoms with Crippen molar-refractivity contribution in [3.8, 4) is 0 Å². The van der Waals surface area contributed by atoms with Crippen molar-refractivity contribution in [3.63, 3.8) is 0 Å². The Hall–Kier alpha value is -5.19. The number of carboxylic acid groups (broad SMARTS) is 2. The van der Waals surface area contributed by atoms with Crippen LogP contribution in [0.1, 0.15) is 37.7 Å². The second-order valence-electron chi connectivity index (χ2n) is 9.74. The summed E-state index contributed by atoms with van der Waals surface area (Å²) in [5, 5.41) is 26.1. The maximum Gasteiger partial charge on any atom is 0.326 e. The van der Waals surface area contributed by atoms with E-state index in [9.17, 15) is 33.9 Å². The molecule has 234 valence electrons. The molecule has 43 heavy (non-hydrogen) atoms. The third-order valence-electron chi connectivity index (χ3n) is 6.34. The second-order valence-corrected chi connectivity index (χ2v) is 9.74. The monoisotopic (exact) mass is 603 g/mol. The number of benzene rings is 1. The molecule has 0 saturated heterocycles. The van der Waals surface area contributed by atoms with Crippen molar-refractivity contribution in [1.82, 2.24) is 20.9 Å². The number of carbonyl (C=O) groups is 6. The molecule has 0 saturated carbocycles. The summed E-state index contributed by atoms with van der Waals surface area (Å²) in [6.07, 6.45) is 0.441. The summed E-state index contributed by atoms with van der Waals surface area (Å²) >= 11 is 0. The second kappa shape index (κ2) is 16.3. The highest BCUT2D eigenvalue weighted by Crippen LogP contribution is 2.19. The maximum absolute atomic E-state index is 13.5. The molecule has 0 bridgehead atoms. The number of para-hydroxylation sites is 1. The van der Waals surface area contributed by atoms with E-state index in [0.29, 0.717) is 12.0 Å². The molecule has 0 spiro atoms. The Balaban J connectivity index is 2.27. The zero-order valence-electron chi connectivity index (χ0n) is 23.2. The van der Waals surface area contributed by atoms with Gasteiger partial charge in [-0.1, -0.05) is 18.2 Å². The van der Waals surface area contributed by atoms with Crippen molar-refractivity contribution in [2.24, 2.45) is 27.9 Å². The number of nitrogens with two attached hydrogens (primary N) is 4. The summed E-state index contributed by atoms with van der Waals surface area (Å²) < 4.78 is 0. The van der Waals surface area contributed by atoms with Crippen LogP contribution in [0.4, 0.5) is 0 Å². The number of amides is 4. The van der Waals surface area contributed by atoms with Crippen LogP contribution in [-0.4, -0.2) is 87.4 Å². The van der Waals surface area contributed by atoms with Gasteiger partial charge in [0, 0.05) is 36.5 Å². The number of hydrogen-bond acceptors (Lipinski definition) is 8. The topological polar surface area (TPSA) is 311 Å². The van der Waals surface area contributed by atoms with E-state index < -0.39 is 79.0 Å². The number of carbonyl (C=O) groups excluding carboxylic acids is 4. The van der Waals surface area contributed by atoms with Crippen molar-refractivity contribution in [2.45, 2.75) is 62.7 Å². The number of rotatable bonds is 18. The summed E-state index contributed by atoms with van der Waals surface area (Å²) in [6.45, 7) is 0.232. The van der Waals surface area contributed by atoms with Crippen LogP contribution >= 0.6 is 0 Å². The number of fused-ring (bicyclic) bond motifs is 1. The summed E-state index contributed by atoms with van der Waals surface area (Å²) in [7, 11) is 0. The maximum atomic E-state index is 13.5. The number of aliphatic imine (C=N–C) groups is 1. The minimum absolute atomic E-state index is 0.0520. The highest BCUT2D eigenvalue weighted by molar-refractivity contribution is 5.96. The molecule has 0 aliphatic heterocycles. The first-order valence-electron chi connectivity index (χ1n) is 13.3. The molecule has 4 unspecified atom stereocenters. The lowest BCUT2D eigenvalue weighted by molar-refractivity contribution is -0.143. The molecule has 0 aliphatic carbocycles. The van der Waals surface area contributed by atoms with Crippen LogP contribution in [0.15, 0.2) is 35.5 Å². The molecule has 1 heterocycles. The average Bonchev–Trinajstić information content (AvgIpc) is 3.34. The highest BCUT2D eigenvalue weighted by Gasteiger charge is 2.32. The highest BCUT2D eigenvalue weighted by atomic mass is 16.4.